The van der Waals surface area contributed by atoms with Crippen molar-refractivity contribution in [3.63, 3.8) is 0 Å². The van der Waals surface area contributed by atoms with E-state index in [-0.39, 0.29) is 21.7 Å². The third-order valence-electron chi connectivity index (χ3n) is 16.7. The zero-order chi connectivity index (χ0) is 53.9. The molecule has 0 aliphatic heterocycles. The molecule has 1 N–H and O–H groups in total. The molecule has 0 amide bonds. The number of rotatable bonds is 4. The van der Waals surface area contributed by atoms with Crippen LogP contribution in [0.1, 0.15) is 105 Å². The van der Waals surface area contributed by atoms with Gasteiger partial charge in [0.15, 0.2) is 0 Å². The SMILES string of the molecule is CC(C)(C)c1ccc2c(c1)c1cc(C(C)(C)C)ccc1n2-c1ccc2c(c1)c1cc(-n3c4ccc(C(C)(C)C)cc4c4cc(C(C)(C)C)ccc43)ccc1n2-c1ccc(-c2nc3c4cccnc4c4ncccc4c3[nH]2)cc1. The van der Waals surface area contributed by atoms with Gasteiger partial charge in [0.1, 0.15) is 5.82 Å². The minimum atomic E-state index is 0.00625. The fraction of sp³-hybridized carbons (Fsp3) is 0.225. The van der Waals surface area contributed by atoms with Crippen LogP contribution in [-0.4, -0.2) is 33.6 Å². The highest BCUT2D eigenvalue weighted by Gasteiger charge is 2.25. The van der Waals surface area contributed by atoms with Crippen LogP contribution in [0.25, 0.3) is 127 Å². The number of H-pyrrole nitrogens is 1. The first-order valence-corrected chi connectivity index (χ1v) is 27.6. The Balaban J connectivity index is 1.000. The molecule has 8 aromatic carbocycles. The first-order valence-electron chi connectivity index (χ1n) is 27.6. The molecule has 0 aliphatic rings. The van der Waals surface area contributed by atoms with E-state index in [0.717, 1.165) is 72.3 Å². The molecule has 384 valence electrons. The summed E-state index contributed by atoms with van der Waals surface area (Å²) >= 11 is 0. The van der Waals surface area contributed by atoms with Crippen LogP contribution in [0, 0.1) is 0 Å². The van der Waals surface area contributed by atoms with Gasteiger partial charge in [-0.1, -0.05) is 107 Å². The van der Waals surface area contributed by atoms with Crippen LogP contribution < -0.4 is 0 Å². The Bertz CT molecular complexity index is 4390. The topological polar surface area (TPSA) is 69.2 Å². The van der Waals surface area contributed by atoms with Gasteiger partial charge in [-0.2, -0.15) is 0 Å². The number of nitrogens with zero attached hydrogens (tertiary/aromatic N) is 6. The zero-order valence-electron chi connectivity index (χ0n) is 46.8. The molecule has 0 radical (unpaired) electrons. The molecule has 14 rings (SSSR count). The predicted molar refractivity (Wildman–Crippen MR) is 330 cm³/mol. The number of hydrogen-bond donors (Lipinski definition) is 1. The van der Waals surface area contributed by atoms with Crippen LogP contribution in [0.15, 0.2) is 170 Å². The largest absolute Gasteiger partial charge is 0.337 e. The van der Waals surface area contributed by atoms with Gasteiger partial charge in [-0.3, -0.25) is 9.97 Å². The summed E-state index contributed by atoms with van der Waals surface area (Å²) in [4.78, 5) is 18.4. The van der Waals surface area contributed by atoms with Crippen molar-refractivity contribution >= 4 is 98.3 Å². The molecule has 0 fully saturated rings. The number of imidazole rings is 1. The minimum Gasteiger partial charge on any atom is -0.337 e. The van der Waals surface area contributed by atoms with Crippen molar-refractivity contribution in [2.75, 3.05) is 0 Å². The fourth-order valence-corrected chi connectivity index (χ4v) is 12.3. The molecule has 0 atom stereocenters. The van der Waals surface area contributed by atoms with E-state index in [9.17, 15) is 0 Å². The Labute approximate surface area is 455 Å². The lowest BCUT2D eigenvalue weighted by Gasteiger charge is -2.19. The average molecular weight is 1020 g/mol. The summed E-state index contributed by atoms with van der Waals surface area (Å²) < 4.78 is 7.42. The maximum absolute atomic E-state index is 5.24. The number of pyridine rings is 2. The van der Waals surface area contributed by atoms with Crippen molar-refractivity contribution in [3.8, 4) is 28.5 Å². The fourth-order valence-electron chi connectivity index (χ4n) is 12.3. The van der Waals surface area contributed by atoms with Gasteiger partial charge in [0, 0.05) is 78.1 Å². The van der Waals surface area contributed by atoms with E-state index in [1.54, 1.807) is 0 Å². The Hall–Kier alpha value is -8.55. The molecule has 0 bridgehead atoms. The predicted octanol–water partition coefficient (Wildman–Crippen LogP) is 18.8. The minimum absolute atomic E-state index is 0.00625. The van der Waals surface area contributed by atoms with Gasteiger partial charge in [0.2, 0.25) is 0 Å². The third-order valence-corrected chi connectivity index (χ3v) is 16.7. The van der Waals surface area contributed by atoms with E-state index in [1.807, 2.05) is 24.5 Å². The molecular weight excluding hydrogens is 951 g/mol. The number of nitrogens with one attached hydrogen (secondary N) is 1. The summed E-state index contributed by atoms with van der Waals surface area (Å²) in [6.45, 7) is 27.7. The van der Waals surface area contributed by atoms with Gasteiger partial charge in [-0.05, 0) is 177 Å². The second kappa shape index (κ2) is 16.5. The second-order valence-electron chi connectivity index (χ2n) is 26.0. The molecule has 0 aliphatic carbocycles. The Kier molecular flexibility index (Phi) is 10.1. The number of fused-ring (bicyclic) bond motifs is 15. The van der Waals surface area contributed by atoms with Gasteiger partial charge >= 0.3 is 0 Å². The molecule has 0 saturated carbocycles. The molecule has 6 heterocycles. The van der Waals surface area contributed by atoms with Gasteiger partial charge in [0.05, 0.1) is 55.2 Å². The van der Waals surface area contributed by atoms with E-state index in [4.69, 9.17) is 15.0 Å². The summed E-state index contributed by atoms with van der Waals surface area (Å²) in [6.07, 6.45) is 3.66. The first-order chi connectivity index (χ1) is 37.2. The van der Waals surface area contributed by atoms with Crippen LogP contribution in [0.2, 0.25) is 0 Å². The van der Waals surface area contributed by atoms with Crippen molar-refractivity contribution in [1.82, 2.24) is 33.6 Å². The molecule has 7 nitrogen and oxygen atoms in total. The summed E-state index contributed by atoms with van der Waals surface area (Å²) in [7, 11) is 0. The molecule has 0 spiro atoms. The molecule has 0 saturated heterocycles. The Morgan fingerprint density at radius 3 is 1.05 bits per heavy atom. The first kappa shape index (κ1) is 47.9. The maximum atomic E-state index is 5.24. The molecule has 6 aromatic heterocycles. The monoisotopic (exact) mass is 1020 g/mol. The lowest BCUT2D eigenvalue weighted by molar-refractivity contribution is 0.590. The number of aromatic nitrogens is 7. The van der Waals surface area contributed by atoms with E-state index in [0.29, 0.717) is 0 Å². The van der Waals surface area contributed by atoms with Gasteiger partial charge in [-0.25, -0.2) is 4.98 Å². The van der Waals surface area contributed by atoms with Crippen LogP contribution in [0.3, 0.4) is 0 Å². The van der Waals surface area contributed by atoms with Gasteiger partial charge in [0.25, 0.3) is 0 Å². The van der Waals surface area contributed by atoms with Crippen LogP contribution >= 0.6 is 0 Å². The lowest BCUT2D eigenvalue weighted by atomic mass is 9.85. The summed E-state index contributed by atoms with van der Waals surface area (Å²) in [5, 5.41) is 9.48. The van der Waals surface area contributed by atoms with Crippen LogP contribution in [0.4, 0.5) is 0 Å². The smallest absolute Gasteiger partial charge is 0.138 e. The summed E-state index contributed by atoms with van der Waals surface area (Å²) in [6, 6.07) is 59.6. The van der Waals surface area contributed by atoms with Crippen molar-refractivity contribution < 1.29 is 0 Å². The molecule has 78 heavy (non-hydrogen) atoms. The highest BCUT2D eigenvalue weighted by Crippen LogP contribution is 2.43. The van der Waals surface area contributed by atoms with Crippen molar-refractivity contribution in [2.24, 2.45) is 0 Å². The van der Waals surface area contributed by atoms with E-state index in [2.05, 4.69) is 247 Å². The molecule has 7 heteroatoms. The molecule has 0 unspecified atom stereocenters. The average Bonchev–Trinajstić information content (AvgIpc) is 4.39. The van der Waals surface area contributed by atoms with Crippen molar-refractivity contribution in [1.29, 1.82) is 0 Å². The summed E-state index contributed by atoms with van der Waals surface area (Å²) in [5.41, 5.74) is 20.4. The normalized spacial score (nSPS) is 13.1. The van der Waals surface area contributed by atoms with Gasteiger partial charge < -0.3 is 18.7 Å². The summed E-state index contributed by atoms with van der Waals surface area (Å²) in [5.74, 6) is 0.806. The standard InChI is InChI=1S/C71H65N7/c1-68(2,3)42-19-27-57-51(35-42)52-36-43(69(4,5)6)20-28-58(52)77(57)47-25-31-61-55(39-47)56-40-48(78-59-29-21-44(70(7,8)9)37-53(59)54-38-45(71(10,11)12)22-30-60(54)78)26-32-62(56)76(61)46-23-17-41(18-24-46)67-74-65-49-15-13-33-72-63(49)64-50(66(65)75-67)16-14-34-73-64/h13-40H,1-12H3,(H,74,75). The van der Waals surface area contributed by atoms with Gasteiger partial charge in [-0.15, -0.1) is 0 Å². The highest BCUT2D eigenvalue weighted by atomic mass is 15.0. The number of hydrogen-bond acceptors (Lipinski definition) is 3. The van der Waals surface area contributed by atoms with Crippen LogP contribution in [0.5, 0.6) is 0 Å². The quantitative estimate of drug-likeness (QED) is 0.179. The van der Waals surface area contributed by atoms with E-state index in [1.165, 1.54) is 76.6 Å². The molecule has 14 aromatic rings. The zero-order valence-corrected chi connectivity index (χ0v) is 46.8. The lowest BCUT2D eigenvalue weighted by Crippen LogP contribution is -2.10. The number of aromatic amines is 1. The highest BCUT2D eigenvalue weighted by molar-refractivity contribution is 6.21. The van der Waals surface area contributed by atoms with E-state index < -0.39 is 0 Å². The third kappa shape index (κ3) is 7.34. The Morgan fingerprint density at radius 2 is 0.654 bits per heavy atom. The maximum Gasteiger partial charge on any atom is 0.138 e. The number of benzene rings is 8. The van der Waals surface area contributed by atoms with Crippen molar-refractivity contribution in [3.05, 3.63) is 192 Å². The second-order valence-corrected chi connectivity index (χ2v) is 26.0. The molecular formula is C71H65N7. The Morgan fingerprint density at radius 1 is 0.321 bits per heavy atom. The van der Waals surface area contributed by atoms with Crippen LogP contribution in [-0.2, 0) is 21.7 Å². The van der Waals surface area contributed by atoms with E-state index >= 15 is 0 Å². The van der Waals surface area contributed by atoms with Crippen molar-refractivity contribution in [2.45, 2.75) is 105 Å².